The van der Waals surface area contributed by atoms with Crippen LogP contribution in [0, 0.1) is 0 Å². The number of aromatic hydroxyl groups is 2. The summed E-state index contributed by atoms with van der Waals surface area (Å²) in [6, 6.07) is 11.0. The average molecular weight is 324 g/mol. The Morgan fingerprint density at radius 2 is 1.68 bits per heavy atom. The molecule has 22 heavy (non-hydrogen) atoms. The summed E-state index contributed by atoms with van der Waals surface area (Å²) < 4.78 is 15.6. The fraction of sp³-hybridized carbons (Fsp3) is 0.200. The summed E-state index contributed by atoms with van der Waals surface area (Å²) in [5.41, 5.74) is 1.47. The van der Waals surface area contributed by atoms with Gasteiger partial charge in [-0.3, -0.25) is 9.79 Å². The Morgan fingerprint density at radius 1 is 0.955 bits per heavy atom. The van der Waals surface area contributed by atoms with E-state index in [0.717, 1.165) is 5.56 Å². The zero-order valence-corrected chi connectivity index (χ0v) is 12.6. The van der Waals surface area contributed by atoms with Crippen LogP contribution in [0.5, 0.6) is 17.2 Å². The second-order valence-corrected chi connectivity index (χ2v) is 6.06. The number of rotatable bonds is 6. The topological polar surface area (TPSA) is 107 Å². The van der Waals surface area contributed by atoms with Gasteiger partial charge in [0.05, 0.1) is 0 Å². The summed E-state index contributed by atoms with van der Waals surface area (Å²) in [7, 11) is -4.64. The number of hydrogen-bond donors (Lipinski definition) is 4. The lowest BCUT2D eigenvalue weighted by Gasteiger charge is -2.12. The van der Waals surface area contributed by atoms with E-state index in [-0.39, 0.29) is 17.2 Å². The number of aryl methyl sites for hydroxylation is 2. The Kier molecular flexibility index (Phi) is 5.08. The van der Waals surface area contributed by atoms with Crippen LogP contribution >= 0.6 is 7.82 Å². The highest BCUT2D eigenvalue weighted by molar-refractivity contribution is 7.46. The molecule has 2 aromatic carbocycles. The van der Waals surface area contributed by atoms with Crippen molar-refractivity contribution in [3.8, 4) is 17.2 Å². The third-order valence-electron chi connectivity index (χ3n) is 3.08. The number of phenolic OH excluding ortho intramolecular Hbond substituents is 2. The van der Waals surface area contributed by atoms with Gasteiger partial charge in [-0.15, -0.1) is 0 Å². The maximum Gasteiger partial charge on any atom is 0.524 e. The van der Waals surface area contributed by atoms with Crippen molar-refractivity contribution in [3.05, 3.63) is 53.6 Å². The van der Waals surface area contributed by atoms with Crippen molar-refractivity contribution in [2.24, 2.45) is 0 Å². The largest absolute Gasteiger partial charge is 0.524 e. The molecule has 0 saturated heterocycles. The second kappa shape index (κ2) is 6.83. The first-order valence-electron chi connectivity index (χ1n) is 6.68. The van der Waals surface area contributed by atoms with Gasteiger partial charge in [0.1, 0.15) is 17.2 Å². The second-order valence-electron chi connectivity index (χ2n) is 4.90. The Hall–Kier alpha value is -2.01. The molecule has 0 saturated carbocycles. The molecule has 0 aliphatic rings. The molecule has 2 rings (SSSR count). The number of phosphoric ester groups is 1. The van der Waals surface area contributed by atoms with Gasteiger partial charge in [-0.05, 0) is 60.7 Å². The molecular formula is C15H17O6P. The molecule has 0 unspecified atom stereocenters. The maximum absolute atomic E-state index is 11.0. The fourth-order valence-electron chi connectivity index (χ4n) is 2.17. The zero-order chi connectivity index (χ0) is 16.2. The summed E-state index contributed by atoms with van der Waals surface area (Å²) in [5, 5.41) is 18.9. The van der Waals surface area contributed by atoms with Crippen molar-refractivity contribution in [1.29, 1.82) is 0 Å². The van der Waals surface area contributed by atoms with Gasteiger partial charge in [0.2, 0.25) is 0 Å². The van der Waals surface area contributed by atoms with Gasteiger partial charge < -0.3 is 14.7 Å². The highest BCUT2D eigenvalue weighted by Crippen LogP contribution is 2.40. The van der Waals surface area contributed by atoms with E-state index < -0.39 is 7.82 Å². The van der Waals surface area contributed by atoms with Crippen molar-refractivity contribution in [2.45, 2.75) is 19.3 Å². The molecule has 0 bridgehead atoms. The lowest BCUT2D eigenvalue weighted by atomic mass is 10.0. The minimum atomic E-state index is -4.64. The normalized spacial score (nSPS) is 11.4. The molecule has 0 amide bonds. The van der Waals surface area contributed by atoms with Crippen molar-refractivity contribution in [3.63, 3.8) is 0 Å². The Morgan fingerprint density at radius 3 is 2.36 bits per heavy atom. The van der Waals surface area contributed by atoms with E-state index in [2.05, 4.69) is 4.52 Å². The lowest BCUT2D eigenvalue weighted by molar-refractivity contribution is 0.282. The van der Waals surface area contributed by atoms with Crippen LogP contribution < -0.4 is 4.52 Å². The van der Waals surface area contributed by atoms with Gasteiger partial charge in [-0.25, -0.2) is 4.57 Å². The standard InChI is InChI=1S/C15H17O6P/c16-13-6-2-4-11(9-13)3-1-5-12-10-14(17)7-8-15(12)21-22(18,19)20/h2,4,6-10,16-17H,1,3,5H2,(H2,18,19,20). The minimum Gasteiger partial charge on any atom is -0.508 e. The first-order valence-corrected chi connectivity index (χ1v) is 8.21. The minimum absolute atomic E-state index is 0.00502. The number of hydrogen-bond acceptors (Lipinski definition) is 4. The fourth-order valence-corrected chi connectivity index (χ4v) is 2.61. The summed E-state index contributed by atoms with van der Waals surface area (Å²) >= 11 is 0. The van der Waals surface area contributed by atoms with Crippen molar-refractivity contribution in [1.82, 2.24) is 0 Å². The van der Waals surface area contributed by atoms with Gasteiger partial charge in [-0.2, -0.15) is 0 Å². The van der Waals surface area contributed by atoms with E-state index >= 15 is 0 Å². The number of phenols is 2. The molecule has 0 heterocycles. The van der Waals surface area contributed by atoms with E-state index in [9.17, 15) is 14.8 Å². The molecule has 118 valence electrons. The van der Waals surface area contributed by atoms with E-state index in [0.29, 0.717) is 24.8 Å². The molecule has 0 atom stereocenters. The van der Waals surface area contributed by atoms with E-state index in [1.165, 1.54) is 18.2 Å². The van der Waals surface area contributed by atoms with Gasteiger partial charge in [0.25, 0.3) is 0 Å². The maximum atomic E-state index is 11.0. The first-order chi connectivity index (χ1) is 10.3. The predicted octanol–water partition coefficient (Wildman–Crippen LogP) is 2.74. The Bertz CT molecular complexity index is 694. The summed E-state index contributed by atoms with van der Waals surface area (Å²) in [4.78, 5) is 17.8. The third-order valence-corrected chi connectivity index (χ3v) is 3.52. The smallest absolute Gasteiger partial charge is 0.508 e. The molecule has 7 heteroatoms. The van der Waals surface area contributed by atoms with Gasteiger partial charge in [0, 0.05) is 0 Å². The molecule has 0 aliphatic carbocycles. The van der Waals surface area contributed by atoms with Crippen LogP contribution in [0.4, 0.5) is 0 Å². The summed E-state index contributed by atoms with van der Waals surface area (Å²) in [5.74, 6) is 0.257. The molecule has 2 aromatic rings. The third kappa shape index (κ3) is 5.07. The summed E-state index contributed by atoms with van der Waals surface area (Å²) in [6.45, 7) is 0. The molecule has 0 aliphatic heterocycles. The van der Waals surface area contributed by atoms with Crippen molar-refractivity contribution >= 4 is 7.82 Å². The van der Waals surface area contributed by atoms with Gasteiger partial charge >= 0.3 is 7.82 Å². The van der Waals surface area contributed by atoms with Gasteiger partial charge in [0.15, 0.2) is 0 Å². The molecule has 0 spiro atoms. The van der Waals surface area contributed by atoms with Crippen LogP contribution in [0.1, 0.15) is 17.5 Å². The summed E-state index contributed by atoms with van der Waals surface area (Å²) in [6.07, 6.45) is 1.82. The zero-order valence-electron chi connectivity index (χ0n) is 11.7. The highest BCUT2D eigenvalue weighted by Gasteiger charge is 2.18. The van der Waals surface area contributed by atoms with Crippen LogP contribution in [0.3, 0.4) is 0 Å². The van der Waals surface area contributed by atoms with Crippen LogP contribution in [-0.2, 0) is 17.4 Å². The van der Waals surface area contributed by atoms with Crippen LogP contribution in [0.25, 0.3) is 0 Å². The van der Waals surface area contributed by atoms with Crippen LogP contribution in [-0.4, -0.2) is 20.0 Å². The molecule has 0 radical (unpaired) electrons. The highest BCUT2D eigenvalue weighted by atomic mass is 31.2. The molecule has 6 nitrogen and oxygen atoms in total. The predicted molar refractivity (Wildman–Crippen MR) is 80.9 cm³/mol. The van der Waals surface area contributed by atoms with E-state index in [1.807, 2.05) is 6.07 Å². The molecule has 4 N–H and O–H groups in total. The monoisotopic (exact) mass is 324 g/mol. The Balaban J connectivity index is 2.05. The lowest BCUT2D eigenvalue weighted by Crippen LogP contribution is -1.97. The number of benzene rings is 2. The molecular weight excluding hydrogens is 307 g/mol. The van der Waals surface area contributed by atoms with Crippen LogP contribution in [0.2, 0.25) is 0 Å². The van der Waals surface area contributed by atoms with E-state index in [4.69, 9.17) is 9.79 Å². The SMILES string of the molecule is O=P(O)(O)Oc1ccc(O)cc1CCCc1cccc(O)c1. The van der Waals surface area contributed by atoms with E-state index in [1.54, 1.807) is 18.2 Å². The first kappa shape index (κ1) is 16.4. The van der Waals surface area contributed by atoms with Crippen molar-refractivity contribution in [2.75, 3.05) is 0 Å². The molecule has 0 aromatic heterocycles. The average Bonchev–Trinajstić information content (AvgIpc) is 2.40. The van der Waals surface area contributed by atoms with Crippen LogP contribution in [0.15, 0.2) is 42.5 Å². The quantitative estimate of drug-likeness (QED) is 0.609. The molecule has 0 fully saturated rings. The van der Waals surface area contributed by atoms with Gasteiger partial charge in [-0.1, -0.05) is 12.1 Å². The Labute approximate surface area is 127 Å². The van der Waals surface area contributed by atoms with Crippen molar-refractivity contribution < 1.29 is 29.1 Å². The number of phosphoric acid groups is 1.